The zero-order valence-corrected chi connectivity index (χ0v) is 25.4. The zero-order valence-electron chi connectivity index (χ0n) is 25.4. The minimum absolute atomic E-state index is 0.0387. The Hall–Kier alpha value is -3.71. The first-order valence-corrected chi connectivity index (χ1v) is 15.5. The normalized spacial score (nSPS) is 18.0. The SMILES string of the molecule is CCCCN(C)C(=O)CC[C@H]1N[C@@H](CNC(=O)c2ccc3ccccc3c2)CCN(C[C@@H](CC)c2ccccc2)C1=O. The summed E-state index contributed by atoms with van der Waals surface area (Å²) in [6.07, 6.45) is 4.38. The summed E-state index contributed by atoms with van der Waals surface area (Å²) in [7, 11) is 1.84. The maximum absolute atomic E-state index is 13.9. The molecule has 0 aliphatic carbocycles. The topological polar surface area (TPSA) is 81.8 Å². The summed E-state index contributed by atoms with van der Waals surface area (Å²) in [6, 6.07) is 23.5. The van der Waals surface area contributed by atoms with E-state index in [9.17, 15) is 14.4 Å². The number of amides is 3. The molecule has 224 valence electrons. The fraction of sp³-hybridized carbons (Fsp3) is 0.457. The molecule has 0 bridgehead atoms. The van der Waals surface area contributed by atoms with Gasteiger partial charge in [0.15, 0.2) is 0 Å². The van der Waals surface area contributed by atoms with Crippen molar-refractivity contribution in [2.45, 2.75) is 70.4 Å². The van der Waals surface area contributed by atoms with Crippen molar-refractivity contribution < 1.29 is 14.4 Å². The molecule has 0 spiro atoms. The van der Waals surface area contributed by atoms with Crippen molar-refractivity contribution in [3.05, 3.63) is 83.9 Å². The summed E-state index contributed by atoms with van der Waals surface area (Å²) in [5, 5.41) is 8.73. The molecule has 1 aliphatic heterocycles. The van der Waals surface area contributed by atoms with Gasteiger partial charge >= 0.3 is 0 Å². The van der Waals surface area contributed by atoms with Crippen LogP contribution in [0.3, 0.4) is 0 Å². The second-order valence-corrected chi connectivity index (χ2v) is 11.5. The lowest BCUT2D eigenvalue weighted by Crippen LogP contribution is -2.49. The number of carbonyl (C=O) groups is 3. The fourth-order valence-corrected chi connectivity index (χ4v) is 5.72. The number of unbranched alkanes of at least 4 members (excludes halogenated alkanes) is 1. The average Bonchev–Trinajstić information content (AvgIpc) is 3.17. The van der Waals surface area contributed by atoms with Crippen LogP contribution in [0.15, 0.2) is 72.8 Å². The first-order chi connectivity index (χ1) is 20.4. The van der Waals surface area contributed by atoms with E-state index < -0.39 is 6.04 Å². The molecule has 0 radical (unpaired) electrons. The van der Waals surface area contributed by atoms with Crippen molar-refractivity contribution in [1.82, 2.24) is 20.4 Å². The van der Waals surface area contributed by atoms with Gasteiger partial charge in [0.25, 0.3) is 5.91 Å². The van der Waals surface area contributed by atoms with Crippen LogP contribution in [-0.4, -0.2) is 72.8 Å². The number of hydrogen-bond donors (Lipinski definition) is 2. The van der Waals surface area contributed by atoms with Gasteiger partial charge in [-0.05, 0) is 54.2 Å². The van der Waals surface area contributed by atoms with Crippen molar-refractivity contribution in [1.29, 1.82) is 0 Å². The molecule has 1 heterocycles. The molecule has 2 N–H and O–H groups in total. The number of fused-ring (bicyclic) bond motifs is 1. The quantitative estimate of drug-likeness (QED) is 0.290. The van der Waals surface area contributed by atoms with Gasteiger partial charge in [0.05, 0.1) is 6.04 Å². The van der Waals surface area contributed by atoms with Gasteiger partial charge in [-0.1, -0.05) is 80.9 Å². The van der Waals surface area contributed by atoms with Crippen LogP contribution in [0.4, 0.5) is 0 Å². The molecule has 0 unspecified atom stereocenters. The van der Waals surface area contributed by atoms with Gasteiger partial charge in [-0.25, -0.2) is 0 Å². The highest BCUT2D eigenvalue weighted by molar-refractivity contribution is 5.98. The number of rotatable bonds is 13. The standard InChI is InChI=1S/C35H46N4O3/c1-4-6-21-38(3)33(40)19-18-32-35(42)39(25-26(5-2)27-12-8-7-9-13-27)22-20-31(37-32)24-36-34(41)30-17-16-28-14-10-11-15-29(28)23-30/h7-17,23,26,31-32,37H,4-6,18-22,24-25H2,1-3H3,(H,36,41)/t26-,31-,32-/m1/s1. The summed E-state index contributed by atoms with van der Waals surface area (Å²) < 4.78 is 0. The van der Waals surface area contributed by atoms with Crippen LogP contribution in [0.1, 0.15) is 74.2 Å². The molecule has 0 saturated carbocycles. The van der Waals surface area contributed by atoms with E-state index >= 15 is 0 Å². The molecule has 3 aromatic rings. The molecule has 7 heteroatoms. The Kier molecular flexibility index (Phi) is 11.5. The lowest BCUT2D eigenvalue weighted by atomic mass is 9.95. The van der Waals surface area contributed by atoms with Gasteiger partial charge in [-0.15, -0.1) is 0 Å². The maximum Gasteiger partial charge on any atom is 0.251 e. The predicted octanol–water partition coefficient (Wildman–Crippen LogP) is 5.36. The Morgan fingerprint density at radius 1 is 1.02 bits per heavy atom. The summed E-state index contributed by atoms with van der Waals surface area (Å²) in [5.41, 5.74) is 1.85. The third-order valence-corrected chi connectivity index (χ3v) is 8.44. The van der Waals surface area contributed by atoms with Gasteiger partial charge < -0.3 is 20.4 Å². The molecule has 3 amide bonds. The molecule has 1 saturated heterocycles. The first-order valence-electron chi connectivity index (χ1n) is 15.5. The number of carbonyl (C=O) groups excluding carboxylic acids is 3. The Morgan fingerprint density at radius 2 is 1.76 bits per heavy atom. The second kappa shape index (κ2) is 15.5. The van der Waals surface area contributed by atoms with Crippen LogP contribution < -0.4 is 10.6 Å². The monoisotopic (exact) mass is 570 g/mol. The zero-order chi connectivity index (χ0) is 29.9. The van der Waals surface area contributed by atoms with Gasteiger partial charge in [-0.3, -0.25) is 14.4 Å². The van der Waals surface area contributed by atoms with Crippen LogP contribution in [0.25, 0.3) is 10.8 Å². The summed E-state index contributed by atoms with van der Waals surface area (Å²) in [6.45, 7) is 6.64. The van der Waals surface area contributed by atoms with Crippen molar-refractivity contribution in [2.24, 2.45) is 0 Å². The number of benzene rings is 3. The highest BCUT2D eigenvalue weighted by atomic mass is 16.2. The van der Waals surface area contributed by atoms with Crippen molar-refractivity contribution in [3.63, 3.8) is 0 Å². The largest absolute Gasteiger partial charge is 0.350 e. The fourth-order valence-electron chi connectivity index (χ4n) is 5.72. The predicted molar refractivity (Wildman–Crippen MR) is 169 cm³/mol. The molecule has 0 aromatic heterocycles. The molecular formula is C35H46N4O3. The molecular weight excluding hydrogens is 524 g/mol. The van der Waals surface area contributed by atoms with Crippen molar-refractivity contribution >= 4 is 28.5 Å². The summed E-state index contributed by atoms with van der Waals surface area (Å²) in [5.74, 6) is 0.207. The first kappa shape index (κ1) is 31.2. The molecule has 7 nitrogen and oxygen atoms in total. The van der Waals surface area contributed by atoms with Crippen LogP contribution >= 0.6 is 0 Å². The highest BCUT2D eigenvalue weighted by Crippen LogP contribution is 2.23. The molecule has 1 fully saturated rings. The van der Waals surface area contributed by atoms with Crippen LogP contribution in [0.5, 0.6) is 0 Å². The molecule has 3 atom stereocenters. The molecule has 42 heavy (non-hydrogen) atoms. The molecule has 1 aliphatic rings. The Labute approximate surface area is 250 Å². The second-order valence-electron chi connectivity index (χ2n) is 11.5. The van der Waals surface area contributed by atoms with Gasteiger partial charge in [-0.2, -0.15) is 0 Å². The Bertz CT molecular complexity index is 1330. The van der Waals surface area contributed by atoms with E-state index in [1.54, 1.807) is 4.90 Å². The summed E-state index contributed by atoms with van der Waals surface area (Å²) >= 11 is 0. The van der Waals surface area contributed by atoms with E-state index in [4.69, 9.17) is 0 Å². The number of nitrogens with one attached hydrogen (secondary N) is 2. The minimum atomic E-state index is -0.480. The van der Waals surface area contributed by atoms with Crippen molar-refractivity contribution in [3.8, 4) is 0 Å². The van der Waals surface area contributed by atoms with Gasteiger partial charge in [0, 0.05) is 57.2 Å². The maximum atomic E-state index is 13.9. The van der Waals surface area contributed by atoms with E-state index in [2.05, 4.69) is 36.6 Å². The smallest absolute Gasteiger partial charge is 0.251 e. The van der Waals surface area contributed by atoms with Gasteiger partial charge in [0.1, 0.15) is 0 Å². The Morgan fingerprint density at radius 3 is 2.50 bits per heavy atom. The minimum Gasteiger partial charge on any atom is -0.350 e. The number of hydrogen-bond acceptors (Lipinski definition) is 4. The molecule has 3 aromatic carbocycles. The Balaban J connectivity index is 1.44. The third-order valence-electron chi connectivity index (χ3n) is 8.44. The van der Waals surface area contributed by atoms with Gasteiger partial charge in [0.2, 0.25) is 11.8 Å². The highest BCUT2D eigenvalue weighted by Gasteiger charge is 2.32. The lowest BCUT2D eigenvalue weighted by Gasteiger charge is -2.29. The van der Waals surface area contributed by atoms with E-state index in [0.717, 1.165) is 43.0 Å². The lowest BCUT2D eigenvalue weighted by molar-refractivity contribution is -0.134. The van der Waals surface area contributed by atoms with E-state index in [1.165, 1.54) is 5.56 Å². The van der Waals surface area contributed by atoms with E-state index in [1.807, 2.05) is 72.6 Å². The van der Waals surface area contributed by atoms with Crippen molar-refractivity contribution in [2.75, 3.05) is 33.2 Å². The third kappa shape index (κ3) is 8.41. The van der Waals surface area contributed by atoms with E-state index in [0.29, 0.717) is 38.0 Å². The van der Waals surface area contributed by atoms with E-state index in [-0.39, 0.29) is 29.7 Å². The summed E-state index contributed by atoms with van der Waals surface area (Å²) in [4.78, 5) is 43.5. The average molecular weight is 571 g/mol. The van der Waals surface area contributed by atoms with Crippen LogP contribution in [0.2, 0.25) is 0 Å². The van der Waals surface area contributed by atoms with Crippen LogP contribution in [0, 0.1) is 0 Å². The number of nitrogens with zero attached hydrogens (tertiary/aromatic N) is 2. The van der Waals surface area contributed by atoms with Crippen LogP contribution in [-0.2, 0) is 9.59 Å². The molecule has 4 rings (SSSR count).